The van der Waals surface area contributed by atoms with Gasteiger partial charge in [-0.3, -0.25) is 5.10 Å². The summed E-state index contributed by atoms with van der Waals surface area (Å²) in [5.74, 6) is 0.827. The Hall–Kier alpha value is -1.81. The van der Waals surface area contributed by atoms with Crippen molar-refractivity contribution in [2.75, 3.05) is 7.11 Å². The Balaban J connectivity index is 2.60. The third kappa shape index (κ3) is 2.11. The maximum Gasteiger partial charge on any atom is 0.128 e. The number of methoxy groups -OCH3 is 1. The number of aromatic nitrogens is 2. The second-order valence-corrected chi connectivity index (χ2v) is 4.27. The van der Waals surface area contributed by atoms with E-state index in [0.29, 0.717) is 6.54 Å². The largest absolute Gasteiger partial charge is 0.496 e. The van der Waals surface area contributed by atoms with Gasteiger partial charge in [0.05, 0.1) is 7.11 Å². The SMILES string of the molecule is CCc1ccc(OC)c(-c2n[nH]c(C)c2CN)c1. The zero-order valence-corrected chi connectivity index (χ0v) is 11.1. The van der Waals surface area contributed by atoms with Gasteiger partial charge in [0.1, 0.15) is 11.4 Å². The van der Waals surface area contributed by atoms with E-state index in [9.17, 15) is 0 Å². The molecule has 4 heteroatoms. The van der Waals surface area contributed by atoms with E-state index in [1.54, 1.807) is 7.11 Å². The summed E-state index contributed by atoms with van der Waals surface area (Å²) in [7, 11) is 1.67. The van der Waals surface area contributed by atoms with Gasteiger partial charge in [-0.2, -0.15) is 5.10 Å². The summed E-state index contributed by atoms with van der Waals surface area (Å²) in [6, 6.07) is 6.18. The van der Waals surface area contributed by atoms with Crippen LogP contribution in [0.2, 0.25) is 0 Å². The molecule has 2 rings (SSSR count). The number of H-pyrrole nitrogens is 1. The lowest BCUT2D eigenvalue weighted by molar-refractivity contribution is 0.416. The molecule has 1 aromatic heterocycles. The number of nitrogens with two attached hydrogens (primary N) is 1. The van der Waals surface area contributed by atoms with E-state index in [1.165, 1.54) is 5.56 Å². The molecule has 3 N–H and O–H groups in total. The van der Waals surface area contributed by atoms with Crippen molar-refractivity contribution in [1.82, 2.24) is 10.2 Å². The lowest BCUT2D eigenvalue weighted by atomic mass is 10.0. The van der Waals surface area contributed by atoms with Crippen LogP contribution in [0.15, 0.2) is 18.2 Å². The lowest BCUT2D eigenvalue weighted by Crippen LogP contribution is -2.00. The molecule has 0 bridgehead atoms. The second kappa shape index (κ2) is 5.23. The van der Waals surface area contributed by atoms with E-state index in [-0.39, 0.29) is 0 Å². The zero-order chi connectivity index (χ0) is 13.1. The van der Waals surface area contributed by atoms with Gasteiger partial charge < -0.3 is 10.5 Å². The third-order valence-corrected chi connectivity index (χ3v) is 3.21. The molecule has 0 saturated heterocycles. The Bertz CT molecular complexity index is 546. The number of ether oxygens (including phenoxy) is 1. The Morgan fingerprint density at radius 3 is 2.78 bits per heavy atom. The average Bonchev–Trinajstić information content (AvgIpc) is 2.78. The zero-order valence-electron chi connectivity index (χ0n) is 11.1. The number of benzene rings is 1. The predicted molar refractivity (Wildman–Crippen MR) is 72.6 cm³/mol. The van der Waals surface area contributed by atoms with Crippen molar-refractivity contribution in [1.29, 1.82) is 0 Å². The van der Waals surface area contributed by atoms with E-state index < -0.39 is 0 Å². The minimum absolute atomic E-state index is 0.469. The summed E-state index contributed by atoms with van der Waals surface area (Å²) in [6.45, 7) is 4.58. The summed E-state index contributed by atoms with van der Waals surface area (Å²) in [4.78, 5) is 0. The maximum atomic E-state index is 5.79. The number of aromatic amines is 1. The van der Waals surface area contributed by atoms with Crippen molar-refractivity contribution < 1.29 is 4.74 Å². The highest BCUT2D eigenvalue weighted by molar-refractivity contribution is 5.71. The van der Waals surface area contributed by atoms with Gasteiger partial charge in [-0.15, -0.1) is 0 Å². The molecule has 0 fully saturated rings. The van der Waals surface area contributed by atoms with Crippen LogP contribution in [0.1, 0.15) is 23.7 Å². The van der Waals surface area contributed by atoms with Crippen molar-refractivity contribution in [3.05, 3.63) is 35.0 Å². The first-order chi connectivity index (χ1) is 8.71. The Morgan fingerprint density at radius 1 is 1.39 bits per heavy atom. The Labute approximate surface area is 107 Å². The van der Waals surface area contributed by atoms with Crippen LogP contribution >= 0.6 is 0 Å². The standard InChI is InChI=1S/C14H19N3O/c1-4-10-5-6-13(18-3)11(7-10)14-12(8-15)9(2)16-17-14/h5-7H,4,8,15H2,1-3H3,(H,16,17). The first kappa shape index (κ1) is 12.6. The fraction of sp³-hybridized carbons (Fsp3) is 0.357. The lowest BCUT2D eigenvalue weighted by Gasteiger charge is -2.09. The fourth-order valence-electron chi connectivity index (χ4n) is 2.08. The molecule has 2 aromatic rings. The highest BCUT2D eigenvalue weighted by atomic mass is 16.5. The van der Waals surface area contributed by atoms with Crippen LogP contribution in [0.3, 0.4) is 0 Å². The number of rotatable bonds is 4. The molecule has 1 heterocycles. The number of hydrogen-bond donors (Lipinski definition) is 2. The van der Waals surface area contributed by atoms with Crippen LogP contribution in [0.4, 0.5) is 0 Å². The normalized spacial score (nSPS) is 10.7. The molecule has 0 atom stereocenters. The summed E-state index contributed by atoms with van der Waals surface area (Å²) < 4.78 is 5.41. The molecular formula is C14H19N3O. The van der Waals surface area contributed by atoms with Gasteiger partial charge in [-0.1, -0.05) is 13.0 Å². The van der Waals surface area contributed by atoms with Gasteiger partial charge in [0.25, 0.3) is 0 Å². The summed E-state index contributed by atoms with van der Waals surface area (Å²) in [6.07, 6.45) is 0.984. The van der Waals surface area contributed by atoms with Crippen LogP contribution < -0.4 is 10.5 Å². The minimum atomic E-state index is 0.469. The molecule has 4 nitrogen and oxygen atoms in total. The molecule has 0 saturated carbocycles. The molecule has 0 unspecified atom stereocenters. The van der Waals surface area contributed by atoms with Gasteiger partial charge in [-0.05, 0) is 31.0 Å². The highest BCUT2D eigenvalue weighted by Gasteiger charge is 2.15. The van der Waals surface area contributed by atoms with Gasteiger partial charge >= 0.3 is 0 Å². The molecular weight excluding hydrogens is 226 g/mol. The van der Waals surface area contributed by atoms with Crippen molar-refractivity contribution in [2.45, 2.75) is 26.8 Å². The minimum Gasteiger partial charge on any atom is -0.496 e. The van der Waals surface area contributed by atoms with Gasteiger partial charge in [-0.25, -0.2) is 0 Å². The molecule has 0 aliphatic carbocycles. The molecule has 0 aliphatic rings. The number of aryl methyl sites for hydroxylation is 2. The van der Waals surface area contributed by atoms with Crippen LogP contribution in [0.5, 0.6) is 5.75 Å². The first-order valence-corrected chi connectivity index (χ1v) is 6.12. The monoisotopic (exact) mass is 245 g/mol. The topological polar surface area (TPSA) is 63.9 Å². The van der Waals surface area contributed by atoms with Gasteiger partial charge in [0.15, 0.2) is 0 Å². The number of nitrogens with zero attached hydrogens (tertiary/aromatic N) is 1. The summed E-state index contributed by atoms with van der Waals surface area (Å²) >= 11 is 0. The molecule has 0 radical (unpaired) electrons. The number of nitrogens with one attached hydrogen (secondary N) is 1. The van der Waals surface area contributed by atoms with Crippen LogP contribution in [-0.2, 0) is 13.0 Å². The van der Waals surface area contributed by atoms with Crippen molar-refractivity contribution in [3.8, 4) is 17.0 Å². The Kier molecular flexibility index (Phi) is 3.67. The molecule has 18 heavy (non-hydrogen) atoms. The Morgan fingerprint density at radius 2 is 2.17 bits per heavy atom. The van der Waals surface area contributed by atoms with E-state index >= 15 is 0 Å². The van der Waals surface area contributed by atoms with Crippen LogP contribution in [-0.4, -0.2) is 17.3 Å². The predicted octanol–water partition coefficient (Wildman–Crippen LogP) is 2.41. The third-order valence-electron chi connectivity index (χ3n) is 3.21. The van der Waals surface area contributed by atoms with Crippen LogP contribution in [0, 0.1) is 6.92 Å². The number of hydrogen-bond acceptors (Lipinski definition) is 3. The molecule has 1 aromatic carbocycles. The van der Waals surface area contributed by atoms with Crippen molar-refractivity contribution >= 4 is 0 Å². The fourth-order valence-corrected chi connectivity index (χ4v) is 2.08. The molecule has 0 amide bonds. The average molecular weight is 245 g/mol. The quantitative estimate of drug-likeness (QED) is 0.869. The van der Waals surface area contributed by atoms with Crippen molar-refractivity contribution in [3.63, 3.8) is 0 Å². The summed E-state index contributed by atoms with van der Waals surface area (Å²) in [5, 5.41) is 7.35. The van der Waals surface area contributed by atoms with E-state index in [0.717, 1.165) is 34.7 Å². The second-order valence-electron chi connectivity index (χ2n) is 4.27. The van der Waals surface area contributed by atoms with E-state index in [4.69, 9.17) is 10.5 Å². The smallest absolute Gasteiger partial charge is 0.128 e. The van der Waals surface area contributed by atoms with Crippen LogP contribution in [0.25, 0.3) is 11.3 Å². The maximum absolute atomic E-state index is 5.79. The van der Waals surface area contributed by atoms with Crippen molar-refractivity contribution in [2.24, 2.45) is 5.73 Å². The first-order valence-electron chi connectivity index (χ1n) is 6.12. The van der Waals surface area contributed by atoms with Gasteiger partial charge in [0.2, 0.25) is 0 Å². The molecule has 0 aliphatic heterocycles. The molecule has 0 spiro atoms. The van der Waals surface area contributed by atoms with Gasteiger partial charge in [0, 0.05) is 23.4 Å². The van der Waals surface area contributed by atoms with E-state index in [1.807, 2.05) is 13.0 Å². The molecule has 96 valence electrons. The summed E-state index contributed by atoms with van der Waals surface area (Å²) in [5.41, 5.74) is 11.0. The highest BCUT2D eigenvalue weighted by Crippen LogP contribution is 2.32. The van der Waals surface area contributed by atoms with E-state index in [2.05, 4.69) is 29.3 Å².